The van der Waals surface area contributed by atoms with Gasteiger partial charge >= 0.3 is 0 Å². The smallest absolute Gasteiger partial charge is 0.225 e. The minimum absolute atomic E-state index is 0.0585. The van der Waals surface area contributed by atoms with Crippen LogP contribution >= 0.6 is 0 Å². The van der Waals surface area contributed by atoms with E-state index in [9.17, 15) is 0 Å². The molecule has 8 nitrogen and oxygen atoms in total. The van der Waals surface area contributed by atoms with Crippen molar-refractivity contribution in [2.75, 3.05) is 37.8 Å². The summed E-state index contributed by atoms with van der Waals surface area (Å²) in [5, 5.41) is 4.39. The van der Waals surface area contributed by atoms with E-state index in [1.165, 1.54) is 6.42 Å². The summed E-state index contributed by atoms with van der Waals surface area (Å²) in [6, 6.07) is 5.42. The van der Waals surface area contributed by atoms with Gasteiger partial charge in [0.2, 0.25) is 5.95 Å². The van der Waals surface area contributed by atoms with Gasteiger partial charge in [-0.1, -0.05) is 44.1 Å². The lowest BCUT2D eigenvalue weighted by Gasteiger charge is -2.36. The van der Waals surface area contributed by atoms with Gasteiger partial charge in [0.1, 0.15) is 12.4 Å². The van der Waals surface area contributed by atoms with Gasteiger partial charge < -0.3 is 23.6 Å². The molecule has 40 heavy (non-hydrogen) atoms. The van der Waals surface area contributed by atoms with E-state index in [2.05, 4.69) is 53.9 Å². The van der Waals surface area contributed by atoms with E-state index in [-0.39, 0.29) is 23.8 Å². The van der Waals surface area contributed by atoms with Crippen LogP contribution < -0.4 is 4.90 Å². The first-order valence-corrected chi connectivity index (χ1v) is 17.4. The zero-order chi connectivity index (χ0) is 28.6. The van der Waals surface area contributed by atoms with Gasteiger partial charge in [-0.05, 0) is 37.4 Å². The second-order valence-corrected chi connectivity index (χ2v) is 16.9. The van der Waals surface area contributed by atoms with Crippen LogP contribution in [0.25, 0.3) is 11.1 Å². The van der Waals surface area contributed by atoms with E-state index >= 15 is 4.39 Å². The largest absolute Gasteiger partial charge is 0.412 e. The Morgan fingerprint density at radius 2 is 1.85 bits per heavy atom. The summed E-state index contributed by atoms with van der Waals surface area (Å²) in [7, 11) is -1.98. The molecule has 0 N–H and O–H groups in total. The van der Waals surface area contributed by atoms with E-state index in [0.29, 0.717) is 35.9 Å². The third kappa shape index (κ3) is 8.31. The van der Waals surface area contributed by atoms with Crippen molar-refractivity contribution in [3.05, 3.63) is 42.0 Å². The minimum atomic E-state index is -1.98. The van der Waals surface area contributed by atoms with Crippen molar-refractivity contribution >= 4 is 20.0 Å². The average molecular weight is 573 g/mol. The first-order valence-electron chi connectivity index (χ1n) is 14.5. The van der Waals surface area contributed by atoms with Gasteiger partial charge in [0.05, 0.1) is 18.9 Å². The van der Waals surface area contributed by atoms with Crippen LogP contribution in [0.15, 0.2) is 35.7 Å². The second-order valence-electron chi connectivity index (χ2n) is 12.1. The van der Waals surface area contributed by atoms with Gasteiger partial charge in [-0.25, -0.2) is 14.4 Å². The third-order valence-corrected chi connectivity index (χ3v) is 12.5. The molecule has 2 aliphatic heterocycles. The molecule has 1 aromatic heterocycles. The molecule has 10 heteroatoms. The van der Waals surface area contributed by atoms with E-state index in [4.69, 9.17) is 18.7 Å². The van der Waals surface area contributed by atoms with Gasteiger partial charge in [0.25, 0.3) is 0 Å². The first-order chi connectivity index (χ1) is 19.1. The molecule has 1 atom stereocenters. The molecular formula is C30H45FN4O4Si. The lowest BCUT2D eigenvalue weighted by atomic mass is 10.1. The molecule has 2 saturated heterocycles. The molecule has 4 rings (SSSR count). The molecule has 0 radical (unpaired) electrons. The highest BCUT2D eigenvalue weighted by Gasteiger charge is 2.37. The van der Waals surface area contributed by atoms with Crippen molar-refractivity contribution in [2.45, 2.75) is 90.3 Å². The number of aromatic nitrogens is 2. The number of halogens is 1. The zero-order valence-electron chi connectivity index (χ0n) is 24.7. The monoisotopic (exact) mass is 572 g/mol. The number of oxime groups is 1. The number of hydrogen-bond acceptors (Lipinski definition) is 8. The Balaban J connectivity index is 1.24. The van der Waals surface area contributed by atoms with Crippen LogP contribution in [0.4, 0.5) is 10.3 Å². The van der Waals surface area contributed by atoms with Gasteiger partial charge in [0, 0.05) is 68.0 Å². The molecule has 2 aliphatic rings. The summed E-state index contributed by atoms with van der Waals surface area (Å²) in [6.07, 6.45) is 8.99. The normalized spacial score (nSPS) is 18.6. The SMILES string of the molecule is CC(C)(C)[Si](C)(C)OCc1cccc(-c2cnc(N3CCC(=NOCCCOC4CCCCO4)CC3)nc2)c1F. The predicted molar refractivity (Wildman–Crippen MR) is 158 cm³/mol. The van der Waals surface area contributed by atoms with Crippen LogP contribution in [0, 0.1) is 5.82 Å². The van der Waals surface area contributed by atoms with Crippen LogP contribution in [-0.2, 0) is 25.3 Å². The first kappa shape index (κ1) is 30.6. The summed E-state index contributed by atoms with van der Waals surface area (Å²) >= 11 is 0. The second kappa shape index (κ2) is 14.0. The molecule has 0 saturated carbocycles. The lowest BCUT2D eigenvalue weighted by Crippen LogP contribution is -2.40. The van der Waals surface area contributed by atoms with Crippen LogP contribution in [0.2, 0.25) is 18.1 Å². The highest BCUT2D eigenvalue weighted by molar-refractivity contribution is 6.74. The third-order valence-electron chi connectivity index (χ3n) is 8.06. The van der Waals surface area contributed by atoms with Crippen LogP contribution in [-0.4, -0.2) is 63.2 Å². The molecular weight excluding hydrogens is 527 g/mol. The highest BCUT2D eigenvalue weighted by atomic mass is 28.4. The summed E-state index contributed by atoms with van der Waals surface area (Å²) < 4.78 is 33.0. The number of hydrogen-bond donors (Lipinski definition) is 0. The van der Waals surface area contributed by atoms with Crippen molar-refractivity contribution in [3.8, 4) is 11.1 Å². The van der Waals surface area contributed by atoms with Crippen molar-refractivity contribution in [2.24, 2.45) is 5.16 Å². The molecule has 1 unspecified atom stereocenters. The van der Waals surface area contributed by atoms with Crippen molar-refractivity contribution in [1.82, 2.24) is 9.97 Å². The Morgan fingerprint density at radius 1 is 1.10 bits per heavy atom. The van der Waals surface area contributed by atoms with Gasteiger partial charge in [-0.2, -0.15) is 0 Å². The van der Waals surface area contributed by atoms with Crippen LogP contribution in [0.1, 0.15) is 64.9 Å². The average Bonchev–Trinajstić information content (AvgIpc) is 2.95. The number of piperidine rings is 1. The standard InChI is InChI=1S/C30H45FN4O4Si/c1-30(2,3)40(4,5)39-22-23-10-8-11-26(28(23)31)24-20-32-29(33-21-24)35-15-13-25(14-16-35)34-38-19-9-18-37-27-12-6-7-17-36-27/h8,10-11,20-21,27H,6-7,9,12-19,22H2,1-5H3. The van der Waals surface area contributed by atoms with Crippen LogP contribution in [0.3, 0.4) is 0 Å². The van der Waals surface area contributed by atoms with Crippen molar-refractivity contribution < 1.29 is 23.1 Å². The Morgan fingerprint density at radius 3 is 2.52 bits per heavy atom. The molecule has 2 fully saturated rings. The molecule has 0 spiro atoms. The fourth-order valence-electron chi connectivity index (χ4n) is 4.39. The summed E-state index contributed by atoms with van der Waals surface area (Å²) in [5.74, 6) is 0.369. The zero-order valence-corrected chi connectivity index (χ0v) is 25.7. The number of rotatable bonds is 11. The Labute approximate surface area is 239 Å². The fourth-order valence-corrected chi connectivity index (χ4v) is 5.34. The van der Waals surface area contributed by atoms with Crippen molar-refractivity contribution in [1.29, 1.82) is 0 Å². The molecule has 0 bridgehead atoms. The topological polar surface area (TPSA) is 78.3 Å². The highest BCUT2D eigenvalue weighted by Crippen LogP contribution is 2.37. The van der Waals surface area contributed by atoms with E-state index in [1.54, 1.807) is 24.5 Å². The predicted octanol–water partition coefficient (Wildman–Crippen LogP) is 6.71. The molecule has 0 aliphatic carbocycles. The Hall–Kier alpha value is -2.40. The minimum Gasteiger partial charge on any atom is -0.412 e. The number of ether oxygens (including phenoxy) is 2. The Bertz CT molecular complexity index is 1110. The summed E-state index contributed by atoms with van der Waals surface area (Å²) in [5.41, 5.74) is 2.75. The number of anilines is 1. The number of benzene rings is 1. The maximum atomic E-state index is 15.4. The van der Waals surface area contributed by atoms with E-state index in [0.717, 1.165) is 57.5 Å². The van der Waals surface area contributed by atoms with Crippen LogP contribution in [0.5, 0.6) is 0 Å². The molecule has 1 aromatic carbocycles. The Kier molecular flexibility index (Phi) is 10.7. The molecule has 2 aromatic rings. The fraction of sp³-hybridized carbons (Fsp3) is 0.633. The molecule has 0 amide bonds. The van der Waals surface area contributed by atoms with Gasteiger partial charge in [-0.3, -0.25) is 0 Å². The quantitative estimate of drug-likeness (QED) is 0.168. The maximum Gasteiger partial charge on any atom is 0.225 e. The number of nitrogens with zero attached hydrogens (tertiary/aromatic N) is 4. The molecule has 3 heterocycles. The maximum absolute atomic E-state index is 15.4. The lowest BCUT2D eigenvalue weighted by molar-refractivity contribution is -0.164. The van der Waals surface area contributed by atoms with Gasteiger partial charge in [0.15, 0.2) is 14.6 Å². The van der Waals surface area contributed by atoms with Crippen molar-refractivity contribution in [3.63, 3.8) is 0 Å². The van der Waals surface area contributed by atoms with Gasteiger partial charge in [-0.15, -0.1) is 0 Å². The summed E-state index contributed by atoms with van der Waals surface area (Å²) in [4.78, 5) is 16.8. The molecule has 220 valence electrons. The summed E-state index contributed by atoms with van der Waals surface area (Å²) in [6.45, 7) is 14.6. The van der Waals surface area contributed by atoms with E-state index < -0.39 is 8.32 Å². The van der Waals surface area contributed by atoms with E-state index in [1.807, 2.05) is 6.07 Å².